The van der Waals surface area contributed by atoms with Crippen molar-refractivity contribution in [2.45, 2.75) is 43.1 Å². The highest BCUT2D eigenvalue weighted by Crippen LogP contribution is 2.76. The topological polar surface area (TPSA) is 23.5 Å². The molecule has 7 aliphatic carbocycles. The second-order valence-electron chi connectivity index (χ2n) is 17.6. The van der Waals surface area contributed by atoms with Crippen LogP contribution in [-0.2, 0) is 30.1 Å². The number of allylic oxidation sites excluding steroid dienone is 1. The van der Waals surface area contributed by atoms with Crippen LogP contribution in [0.1, 0.15) is 45.9 Å². The number of phenolic OH excluding ortho intramolecular Hbond substituents is 1. The Morgan fingerprint density at radius 3 is 2.10 bits per heavy atom. The molecule has 2 nitrogen and oxygen atoms in total. The quantitative estimate of drug-likeness (QED) is 0.184. The van der Waals surface area contributed by atoms with E-state index in [-0.39, 0.29) is 16.9 Å². The van der Waals surface area contributed by atoms with Crippen LogP contribution in [0.3, 0.4) is 0 Å². The highest BCUT2D eigenvalue weighted by atomic mass is 16.3. The molecule has 2 heteroatoms. The number of hydrogen-bond acceptors (Lipinski definition) is 2. The molecule has 1 aliphatic heterocycles. The fourth-order valence-electron chi connectivity index (χ4n) is 15.5. The summed E-state index contributed by atoms with van der Waals surface area (Å²) in [6, 6.07) is 16.2. The number of anilines is 1. The van der Waals surface area contributed by atoms with Crippen molar-refractivity contribution >= 4 is 110 Å². The van der Waals surface area contributed by atoms with Gasteiger partial charge < -0.3 is 10.0 Å². The van der Waals surface area contributed by atoms with Crippen LogP contribution in [-0.4, -0.2) is 17.7 Å². The first-order valence-electron chi connectivity index (χ1n) is 18.6. The van der Waals surface area contributed by atoms with Crippen molar-refractivity contribution in [1.29, 1.82) is 0 Å². The molecule has 226 valence electrons. The summed E-state index contributed by atoms with van der Waals surface area (Å²) in [5.41, 5.74) is 16.7. The van der Waals surface area contributed by atoms with Gasteiger partial charge in [0.15, 0.2) is 0 Å². The molecule has 10 aromatic rings. The molecule has 50 heavy (non-hydrogen) atoms. The summed E-state index contributed by atoms with van der Waals surface area (Å²) in [4.78, 5) is 2.73. The molecule has 0 aromatic heterocycles. The maximum atomic E-state index is 10.4. The minimum Gasteiger partial charge on any atom is -0.508 e. The van der Waals surface area contributed by atoms with Crippen LogP contribution in [0.4, 0.5) is 5.69 Å². The number of hydrogen-bond donors (Lipinski definition) is 1. The van der Waals surface area contributed by atoms with E-state index in [1.165, 1.54) is 27.6 Å². The zero-order chi connectivity index (χ0) is 31.4. The van der Waals surface area contributed by atoms with Crippen molar-refractivity contribution in [3.05, 3.63) is 109 Å². The predicted octanol–water partition coefficient (Wildman–Crippen LogP) is 8.50. The Labute approximate surface area is 283 Å². The lowest BCUT2D eigenvalue weighted by Gasteiger charge is -2.50. The van der Waals surface area contributed by atoms with Crippen molar-refractivity contribution in [2.75, 3.05) is 11.4 Å². The van der Waals surface area contributed by atoms with Crippen LogP contribution in [0.5, 0.6) is 5.75 Å². The highest BCUT2D eigenvalue weighted by molar-refractivity contribution is 6.58. The van der Waals surface area contributed by atoms with Gasteiger partial charge in [0.1, 0.15) is 5.75 Å². The van der Waals surface area contributed by atoms with E-state index in [1.54, 1.807) is 130 Å². The summed E-state index contributed by atoms with van der Waals surface area (Å²) in [5.74, 6) is 0.337. The summed E-state index contributed by atoms with van der Waals surface area (Å²) >= 11 is 0. The molecule has 1 N–H and O–H groups in total. The molecule has 3 atom stereocenters. The summed E-state index contributed by atoms with van der Waals surface area (Å²) < 4.78 is 0. The van der Waals surface area contributed by atoms with Gasteiger partial charge in [-0.3, -0.25) is 0 Å². The van der Waals surface area contributed by atoms with Gasteiger partial charge in [0, 0.05) is 18.3 Å². The zero-order valence-corrected chi connectivity index (χ0v) is 27.1. The molecule has 18 rings (SSSR count). The minimum atomic E-state index is -0.183. The molecule has 1 fully saturated rings. The molecule has 8 aliphatic rings. The summed E-state index contributed by atoms with van der Waals surface area (Å²) in [6.45, 7) is 3.49. The molecule has 0 bridgehead atoms. The number of nitrogens with zero attached hydrogens (tertiary/aromatic N) is 1. The molecule has 2 spiro atoms. The Kier molecular flexibility index (Phi) is 2.55. The lowest BCUT2D eigenvalue weighted by Crippen LogP contribution is -2.53. The number of aromatic hydroxyl groups is 1. The van der Waals surface area contributed by atoms with E-state index in [0.29, 0.717) is 5.75 Å². The lowest BCUT2D eigenvalue weighted by atomic mass is 9.50. The maximum absolute atomic E-state index is 10.4. The van der Waals surface area contributed by atoms with Gasteiger partial charge >= 0.3 is 0 Å². The Bertz CT molecular complexity index is 3780. The lowest BCUT2D eigenvalue weighted by molar-refractivity contribution is 0.377. The van der Waals surface area contributed by atoms with Gasteiger partial charge in [0.25, 0.3) is 0 Å². The fourth-order valence-corrected chi connectivity index (χ4v) is 15.5. The molecule has 0 saturated carbocycles. The van der Waals surface area contributed by atoms with Crippen LogP contribution >= 0.6 is 0 Å². The largest absolute Gasteiger partial charge is 0.508 e. The Balaban J connectivity index is 1.25. The second-order valence-corrected chi connectivity index (χ2v) is 17.6. The van der Waals surface area contributed by atoms with Gasteiger partial charge in [-0.2, -0.15) is 0 Å². The molecule has 3 unspecified atom stereocenters. The summed E-state index contributed by atoms with van der Waals surface area (Å²) in [7, 11) is 0. The molecule has 10 aromatic carbocycles. The molecular weight excluding hydrogens is 607 g/mol. The fraction of sp³-hybridized carbons (Fsp3) is 0.167. The average Bonchev–Trinajstić information content (AvgIpc) is 3.95. The van der Waals surface area contributed by atoms with Gasteiger partial charge in [0.05, 0.1) is 10.8 Å². The maximum Gasteiger partial charge on any atom is 0.115 e. The molecule has 0 amide bonds. The Hall–Kier alpha value is -5.60. The second kappa shape index (κ2) is 5.76. The number of phenols is 1. The molecule has 1 saturated heterocycles. The first kappa shape index (κ1) is 22.2. The summed E-state index contributed by atoms with van der Waals surface area (Å²) in [6.07, 6.45) is 11.2. The monoisotopic (exact) mass is 629 g/mol. The van der Waals surface area contributed by atoms with Crippen molar-refractivity contribution in [1.82, 2.24) is 0 Å². The van der Waals surface area contributed by atoms with Gasteiger partial charge in [-0.15, -0.1) is 0 Å². The summed E-state index contributed by atoms with van der Waals surface area (Å²) in [5, 5.41) is 39.1. The third kappa shape index (κ3) is 1.55. The van der Waals surface area contributed by atoms with Crippen LogP contribution in [0.25, 0.3) is 104 Å². The van der Waals surface area contributed by atoms with Crippen molar-refractivity contribution in [3.8, 4) is 5.75 Å². The smallest absolute Gasteiger partial charge is 0.115 e. The van der Waals surface area contributed by atoms with Gasteiger partial charge in [-0.25, -0.2) is 0 Å². The molecule has 0 radical (unpaired) electrons. The molecule has 1 heterocycles. The van der Waals surface area contributed by atoms with E-state index in [2.05, 4.69) is 60.4 Å². The van der Waals surface area contributed by atoms with Gasteiger partial charge in [0.2, 0.25) is 0 Å². The SMILES string of the molecule is CC1N(c2ccc(O)cc2)CC23C4=Cc5cc6c7c8c(cc9c%10c%11c%12c%13c(cc%14c%15c(c%16c%17c2c5c7c%17c(c8%10)c%11c%16c%15%13)C13C(=C4)C=%14)CC=%12C9)C6. The van der Waals surface area contributed by atoms with E-state index in [1.807, 2.05) is 12.1 Å². The predicted molar refractivity (Wildman–Crippen MR) is 204 cm³/mol. The number of benzene rings is 7. The minimum absolute atomic E-state index is 0.171. The normalized spacial score (nSPS) is 26.5. The average molecular weight is 630 g/mol. The Morgan fingerprint density at radius 2 is 1.24 bits per heavy atom. The van der Waals surface area contributed by atoms with Crippen LogP contribution in [0, 0.1) is 0 Å². The highest BCUT2D eigenvalue weighted by Gasteiger charge is 2.73. The standard InChI is InChI=1S/C48H23NO/c1-16-48-25-13-23-11-20-7-18-9-21-8-17-6-19-10-22-12-24(14-25)47(48,15-49(16)26-2-4-27(50)5-3-26)45-33(22)37-30(19)28(17)35-32(21)36-29(18)31(20)38-34(23)46(48)44-42(38)40(36)39(35)41(37)43(44)45/h2-5,8,10-14,16,50H,6-7,9,15H2,1H3. The van der Waals surface area contributed by atoms with E-state index in [0.717, 1.165) is 25.8 Å². The van der Waals surface area contributed by atoms with Crippen molar-refractivity contribution < 1.29 is 5.11 Å². The Morgan fingerprint density at radius 1 is 0.580 bits per heavy atom. The zero-order valence-electron chi connectivity index (χ0n) is 27.1. The van der Waals surface area contributed by atoms with Crippen LogP contribution in [0.15, 0.2) is 59.7 Å². The van der Waals surface area contributed by atoms with Crippen molar-refractivity contribution in [3.63, 3.8) is 0 Å². The first-order valence-corrected chi connectivity index (χ1v) is 18.6. The van der Waals surface area contributed by atoms with Gasteiger partial charge in [-0.1, -0.05) is 42.0 Å². The van der Waals surface area contributed by atoms with E-state index in [4.69, 9.17) is 0 Å². The van der Waals surface area contributed by atoms with Gasteiger partial charge in [-0.05, 0) is 197 Å². The van der Waals surface area contributed by atoms with E-state index >= 15 is 0 Å². The third-order valence-electron chi connectivity index (χ3n) is 16.5. The number of rotatable bonds is 1. The van der Waals surface area contributed by atoms with Crippen LogP contribution < -0.4 is 15.3 Å². The molecular formula is C48H23NO. The van der Waals surface area contributed by atoms with E-state index in [9.17, 15) is 5.11 Å². The van der Waals surface area contributed by atoms with Crippen LogP contribution in [0.2, 0.25) is 0 Å². The third-order valence-corrected chi connectivity index (χ3v) is 16.5. The van der Waals surface area contributed by atoms with Crippen molar-refractivity contribution in [2.24, 2.45) is 0 Å². The van der Waals surface area contributed by atoms with E-state index < -0.39 is 0 Å². The first-order chi connectivity index (χ1) is 24.6.